The molecule has 0 aliphatic carbocycles. The first-order chi connectivity index (χ1) is 10.9. The van der Waals surface area contributed by atoms with Crippen molar-refractivity contribution in [3.05, 3.63) is 48.5 Å². The maximum absolute atomic E-state index is 12.1. The van der Waals surface area contributed by atoms with Crippen LogP contribution in [0.15, 0.2) is 53.1 Å². The number of rotatable bonds is 3. The molecule has 3 rings (SSSR count). The van der Waals surface area contributed by atoms with E-state index in [0.29, 0.717) is 22.6 Å². The highest BCUT2D eigenvalue weighted by atomic mass is 19.4. The summed E-state index contributed by atoms with van der Waals surface area (Å²) in [6, 6.07) is 12.1. The Labute approximate surface area is 128 Å². The number of nitrogens with zero attached hydrogens (tertiary/aromatic N) is 2. The normalized spacial score (nSPS) is 11.4. The Morgan fingerprint density at radius 3 is 2.35 bits per heavy atom. The quantitative estimate of drug-likeness (QED) is 0.741. The van der Waals surface area contributed by atoms with Gasteiger partial charge in [-0.1, -0.05) is 17.3 Å². The lowest BCUT2D eigenvalue weighted by atomic mass is 10.1. The largest absolute Gasteiger partial charge is 0.573 e. The first-order valence-corrected chi connectivity index (χ1v) is 6.47. The van der Waals surface area contributed by atoms with Crippen molar-refractivity contribution in [1.82, 2.24) is 10.1 Å². The van der Waals surface area contributed by atoms with Crippen LogP contribution in [-0.2, 0) is 0 Å². The third kappa shape index (κ3) is 3.42. The van der Waals surface area contributed by atoms with Crippen molar-refractivity contribution in [3.63, 3.8) is 0 Å². The number of ether oxygens (including phenoxy) is 1. The van der Waals surface area contributed by atoms with Gasteiger partial charge >= 0.3 is 6.36 Å². The van der Waals surface area contributed by atoms with Gasteiger partial charge < -0.3 is 15.0 Å². The second kappa shape index (κ2) is 5.64. The van der Waals surface area contributed by atoms with E-state index < -0.39 is 6.36 Å². The molecule has 0 radical (unpaired) electrons. The van der Waals surface area contributed by atoms with Crippen LogP contribution in [0.25, 0.3) is 22.8 Å². The summed E-state index contributed by atoms with van der Waals surface area (Å²) in [6.45, 7) is 0. The van der Waals surface area contributed by atoms with Gasteiger partial charge in [-0.3, -0.25) is 0 Å². The molecule has 0 unspecified atom stereocenters. The van der Waals surface area contributed by atoms with Crippen LogP contribution < -0.4 is 10.5 Å². The van der Waals surface area contributed by atoms with Gasteiger partial charge in [-0.25, -0.2) is 0 Å². The highest BCUT2D eigenvalue weighted by molar-refractivity contribution is 5.72. The van der Waals surface area contributed by atoms with E-state index in [-0.39, 0.29) is 11.6 Å². The van der Waals surface area contributed by atoms with E-state index in [1.54, 1.807) is 24.3 Å². The molecule has 0 aliphatic heterocycles. The smallest absolute Gasteiger partial charge is 0.406 e. The molecule has 1 heterocycles. The van der Waals surface area contributed by atoms with Crippen LogP contribution in [0.1, 0.15) is 0 Å². The Balaban J connectivity index is 1.85. The van der Waals surface area contributed by atoms with Gasteiger partial charge in [-0.05, 0) is 36.4 Å². The van der Waals surface area contributed by atoms with Gasteiger partial charge in [-0.2, -0.15) is 4.98 Å². The van der Waals surface area contributed by atoms with Crippen molar-refractivity contribution < 1.29 is 22.4 Å². The Morgan fingerprint density at radius 1 is 1.00 bits per heavy atom. The van der Waals surface area contributed by atoms with Crippen molar-refractivity contribution >= 4 is 5.69 Å². The molecule has 0 amide bonds. The fourth-order valence-corrected chi connectivity index (χ4v) is 1.95. The monoisotopic (exact) mass is 321 g/mol. The lowest BCUT2D eigenvalue weighted by Crippen LogP contribution is -2.16. The van der Waals surface area contributed by atoms with Gasteiger partial charge in [0.2, 0.25) is 5.82 Å². The fourth-order valence-electron chi connectivity index (χ4n) is 1.95. The average Bonchev–Trinajstić information content (AvgIpc) is 2.96. The van der Waals surface area contributed by atoms with Gasteiger partial charge in [-0.15, -0.1) is 13.2 Å². The van der Waals surface area contributed by atoms with Crippen molar-refractivity contribution in [2.24, 2.45) is 0 Å². The number of alkyl halides is 3. The second-order valence-electron chi connectivity index (χ2n) is 4.58. The number of nitrogens with two attached hydrogens (primary N) is 1. The minimum absolute atomic E-state index is 0.168. The molecular formula is C15H10F3N3O2. The van der Waals surface area contributed by atoms with Crippen molar-refractivity contribution in [2.75, 3.05) is 5.73 Å². The Morgan fingerprint density at radius 2 is 1.70 bits per heavy atom. The van der Waals surface area contributed by atoms with Gasteiger partial charge in [0.25, 0.3) is 5.89 Å². The highest BCUT2D eigenvalue weighted by Crippen LogP contribution is 2.28. The summed E-state index contributed by atoms with van der Waals surface area (Å²) in [5.74, 6) is 0.142. The maximum Gasteiger partial charge on any atom is 0.573 e. The molecule has 1 aromatic heterocycles. The van der Waals surface area contributed by atoms with E-state index >= 15 is 0 Å². The first kappa shape index (κ1) is 14.9. The van der Waals surface area contributed by atoms with Crippen LogP contribution in [0, 0.1) is 0 Å². The van der Waals surface area contributed by atoms with Crippen LogP contribution in [-0.4, -0.2) is 16.5 Å². The van der Waals surface area contributed by atoms with Crippen LogP contribution >= 0.6 is 0 Å². The first-order valence-electron chi connectivity index (χ1n) is 6.47. The third-order valence-corrected chi connectivity index (χ3v) is 2.96. The predicted octanol–water partition coefficient (Wildman–Crippen LogP) is 3.88. The summed E-state index contributed by atoms with van der Waals surface area (Å²) in [4.78, 5) is 4.20. The number of benzene rings is 2. The summed E-state index contributed by atoms with van der Waals surface area (Å²) in [5, 5.41) is 3.83. The van der Waals surface area contributed by atoms with E-state index in [4.69, 9.17) is 10.3 Å². The average molecular weight is 321 g/mol. The molecule has 0 fully saturated rings. The number of halogens is 3. The van der Waals surface area contributed by atoms with Gasteiger partial charge in [0, 0.05) is 16.8 Å². The number of para-hydroxylation sites is 1. The minimum Gasteiger partial charge on any atom is -0.406 e. The lowest BCUT2D eigenvalue weighted by Gasteiger charge is -2.08. The molecule has 118 valence electrons. The van der Waals surface area contributed by atoms with E-state index in [1.165, 1.54) is 24.3 Å². The van der Waals surface area contributed by atoms with Gasteiger partial charge in [0.05, 0.1) is 0 Å². The zero-order chi connectivity index (χ0) is 16.4. The molecule has 0 atom stereocenters. The summed E-state index contributed by atoms with van der Waals surface area (Å²) >= 11 is 0. The van der Waals surface area contributed by atoms with Crippen molar-refractivity contribution in [2.45, 2.75) is 6.36 Å². The second-order valence-corrected chi connectivity index (χ2v) is 4.58. The molecule has 0 aliphatic rings. The summed E-state index contributed by atoms with van der Waals surface area (Å²) in [5.41, 5.74) is 7.40. The minimum atomic E-state index is -4.73. The van der Waals surface area contributed by atoms with Crippen LogP contribution in [0.3, 0.4) is 0 Å². The fraction of sp³-hybridized carbons (Fsp3) is 0.0667. The number of aromatic nitrogens is 2. The zero-order valence-electron chi connectivity index (χ0n) is 11.5. The van der Waals surface area contributed by atoms with Crippen LogP contribution in [0.5, 0.6) is 5.75 Å². The molecule has 0 spiro atoms. The van der Waals surface area contributed by atoms with Gasteiger partial charge in [0.15, 0.2) is 0 Å². The standard InChI is InChI=1S/C15H10F3N3O2/c16-15(17,18)22-10-7-5-9(6-8-10)14-20-13(21-23-14)11-3-1-2-4-12(11)19/h1-8H,19H2. The Kier molecular flexibility index (Phi) is 3.65. The predicted molar refractivity (Wildman–Crippen MR) is 76.3 cm³/mol. The molecular weight excluding hydrogens is 311 g/mol. The van der Waals surface area contributed by atoms with Crippen LogP contribution in [0.4, 0.5) is 18.9 Å². The molecule has 2 N–H and O–H groups in total. The summed E-state index contributed by atoms with van der Waals surface area (Å²) in [7, 11) is 0. The highest BCUT2D eigenvalue weighted by Gasteiger charge is 2.31. The SMILES string of the molecule is Nc1ccccc1-c1noc(-c2ccc(OC(F)(F)F)cc2)n1. The molecule has 0 saturated heterocycles. The number of anilines is 1. The van der Waals surface area contributed by atoms with Crippen molar-refractivity contribution in [3.8, 4) is 28.6 Å². The number of nitrogen functional groups attached to an aromatic ring is 1. The third-order valence-electron chi connectivity index (χ3n) is 2.96. The van der Waals surface area contributed by atoms with E-state index in [9.17, 15) is 13.2 Å². The summed E-state index contributed by atoms with van der Waals surface area (Å²) < 4.78 is 45.3. The molecule has 0 saturated carbocycles. The maximum atomic E-state index is 12.1. The Hall–Kier alpha value is -3.03. The number of hydrogen-bond donors (Lipinski definition) is 1. The zero-order valence-corrected chi connectivity index (χ0v) is 11.5. The van der Waals surface area contributed by atoms with Gasteiger partial charge in [0.1, 0.15) is 5.75 Å². The molecule has 5 nitrogen and oxygen atoms in total. The molecule has 8 heteroatoms. The number of hydrogen-bond acceptors (Lipinski definition) is 5. The Bertz CT molecular complexity index is 813. The molecule has 2 aromatic carbocycles. The van der Waals surface area contributed by atoms with Crippen LogP contribution in [0.2, 0.25) is 0 Å². The van der Waals surface area contributed by atoms with Crippen molar-refractivity contribution in [1.29, 1.82) is 0 Å². The summed E-state index contributed by atoms with van der Waals surface area (Å²) in [6.07, 6.45) is -4.73. The van der Waals surface area contributed by atoms with E-state index in [0.717, 1.165) is 0 Å². The molecule has 23 heavy (non-hydrogen) atoms. The topological polar surface area (TPSA) is 74.2 Å². The van der Waals surface area contributed by atoms with E-state index in [1.807, 2.05) is 0 Å². The molecule has 0 bridgehead atoms. The lowest BCUT2D eigenvalue weighted by molar-refractivity contribution is -0.274. The van der Waals surface area contributed by atoms with E-state index in [2.05, 4.69) is 14.9 Å². The molecule has 3 aromatic rings.